The van der Waals surface area contributed by atoms with Gasteiger partial charge in [0.05, 0.1) is 33.4 Å². The van der Waals surface area contributed by atoms with Crippen LogP contribution in [0, 0.1) is 12.7 Å². The number of hydrogen-bond acceptors (Lipinski definition) is 5. The molecule has 0 aliphatic rings. The van der Waals surface area contributed by atoms with Crippen LogP contribution in [0.2, 0.25) is 0 Å². The topological polar surface area (TPSA) is 96.7 Å². The molecule has 0 bridgehead atoms. The zero-order chi connectivity index (χ0) is 22.1. The van der Waals surface area contributed by atoms with Crippen molar-refractivity contribution in [1.29, 1.82) is 0 Å². The Balaban J connectivity index is 1.33. The highest BCUT2D eigenvalue weighted by Crippen LogP contribution is 2.27. The number of pyridine rings is 1. The summed E-state index contributed by atoms with van der Waals surface area (Å²) in [4.78, 5) is 25.3. The van der Waals surface area contributed by atoms with Crippen molar-refractivity contribution in [2.24, 2.45) is 0 Å². The quantitative estimate of drug-likeness (QED) is 0.385. The fraction of sp³-hybridized carbons (Fsp3) is 0.167. The zero-order valence-electron chi connectivity index (χ0n) is 17.4. The minimum atomic E-state index is -0.340. The van der Waals surface area contributed by atoms with Crippen LogP contribution in [0.4, 0.5) is 4.39 Å². The SMILES string of the molecule is Cc1noc2nc(-c3ccc(F)cc3)cc(C(=O)NCCCc3nc4ccccc4[nH]3)c12. The van der Waals surface area contributed by atoms with Crippen LogP contribution in [0.1, 0.15) is 28.3 Å². The molecule has 0 aliphatic carbocycles. The fourth-order valence-electron chi connectivity index (χ4n) is 3.72. The van der Waals surface area contributed by atoms with Crippen molar-refractivity contribution < 1.29 is 13.7 Å². The third-order valence-electron chi connectivity index (χ3n) is 5.32. The van der Waals surface area contributed by atoms with Crippen LogP contribution < -0.4 is 5.32 Å². The van der Waals surface area contributed by atoms with Crippen LogP contribution >= 0.6 is 0 Å². The number of rotatable bonds is 6. The van der Waals surface area contributed by atoms with Crippen molar-refractivity contribution in [1.82, 2.24) is 25.4 Å². The molecule has 1 amide bonds. The summed E-state index contributed by atoms with van der Waals surface area (Å²) in [6.45, 7) is 2.25. The molecular formula is C24H20FN5O2. The van der Waals surface area contributed by atoms with Crippen molar-refractivity contribution in [3.8, 4) is 11.3 Å². The maximum Gasteiger partial charge on any atom is 0.259 e. The van der Waals surface area contributed by atoms with Crippen LogP contribution in [0.3, 0.4) is 0 Å². The molecule has 5 aromatic rings. The van der Waals surface area contributed by atoms with Crippen molar-refractivity contribution in [2.75, 3.05) is 6.54 Å². The molecule has 0 radical (unpaired) electrons. The zero-order valence-corrected chi connectivity index (χ0v) is 17.4. The van der Waals surface area contributed by atoms with Crippen LogP contribution in [0.15, 0.2) is 59.1 Å². The van der Waals surface area contributed by atoms with Crippen LogP contribution in [0.25, 0.3) is 33.4 Å². The number of carbonyl (C=O) groups excluding carboxylic acids is 1. The third kappa shape index (κ3) is 3.82. The van der Waals surface area contributed by atoms with Gasteiger partial charge >= 0.3 is 0 Å². The van der Waals surface area contributed by atoms with Gasteiger partial charge in [-0.2, -0.15) is 0 Å². The smallest absolute Gasteiger partial charge is 0.259 e. The third-order valence-corrected chi connectivity index (χ3v) is 5.32. The van der Waals surface area contributed by atoms with Crippen molar-refractivity contribution >= 4 is 28.0 Å². The normalized spacial score (nSPS) is 11.3. The average molecular weight is 429 g/mol. The van der Waals surface area contributed by atoms with Gasteiger partial charge < -0.3 is 14.8 Å². The lowest BCUT2D eigenvalue weighted by Crippen LogP contribution is -2.25. The second-order valence-electron chi connectivity index (χ2n) is 7.57. The van der Waals surface area contributed by atoms with Gasteiger partial charge in [-0.3, -0.25) is 4.79 Å². The first-order valence-corrected chi connectivity index (χ1v) is 10.3. The van der Waals surface area contributed by atoms with E-state index in [1.807, 2.05) is 24.3 Å². The summed E-state index contributed by atoms with van der Waals surface area (Å²) >= 11 is 0. The number of amides is 1. The maximum absolute atomic E-state index is 13.3. The molecule has 7 nitrogen and oxygen atoms in total. The summed E-state index contributed by atoms with van der Waals surface area (Å²) in [5, 5.41) is 7.49. The predicted octanol–water partition coefficient (Wildman–Crippen LogP) is 4.58. The van der Waals surface area contributed by atoms with Gasteiger partial charge in [0, 0.05) is 18.5 Å². The summed E-state index contributed by atoms with van der Waals surface area (Å²) < 4.78 is 18.6. The molecule has 2 aromatic carbocycles. The Morgan fingerprint density at radius 1 is 1.12 bits per heavy atom. The summed E-state index contributed by atoms with van der Waals surface area (Å²) in [5.74, 6) is 0.310. The van der Waals surface area contributed by atoms with E-state index in [-0.39, 0.29) is 17.4 Å². The summed E-state index contributed by atoms with van der Waals surface area (Å²) in [6, 6.07) is 15.5. The molecular weight excluding hydrogens is 409 g/mol. The minimum absolute atomic E-state index is 0.239. The van der Waals surface area contributed by atoms with Gasteiger partial charge in [0.15, 0.2) is 0 Å². The van der Waals surface area contributed by atoms with E-state index in [0.717, 1.165) is 23.3 Å². The van der Waals surface area contributed by atoms with E-state index in [9.17, 15) is 9.18 Å². The first-order chi connectivity index (χ1) is 15.6. The molecule has 0 fully saturated rings. The van der Waals surface area contributed by atoms with Gasteiger partial charge in [-0.15, -0.1) is 0 Å². The Hall–Kier alpha value is -4.07. The Kier molecular flexibility index (Phi) is 5.10. The van der Waals surface area contributed by atoms with Crippen LogP contribution in [-0.2, 0) is 6.42 Å². The van der Waals surface area contributed by atoms with Gasteiger partial charge in [-0.1, -0.05) is 17.3 Å². The minimum Gasteiger partial charge on any atom is -0.352 e. The van der Waals surface area contributed by atoms with Crippen LogP contribution in [-0.4, -0.2) is 32.6 Å². The molecule has 3 heterocycles. The number of aromatic nitrogens is 4. The Labute approximate surface area is 182 Å². The molecule has 5 rings (SSSR count). The van der Waals surface area contributed by atoms with E-state index < -0.39 is 0 Å². The summed E-state index contributed by atoms with van der Waals surface area (Å²) in [6.07, 6.45) is 1.45. The molecule has 3 aromatic heterocycles. The first kappa shape index (κ1) is 19.9. The van der Waals surface area contributed by atoms with E-state index in [1.54, 1.807) is 25.1 Å². The number of nitrogens with zero attached hydrogens (tertiary/aromatic N) is 3. The second kappa shape index (κ2) is 8.22. The average Bonchev–Trinajstić information content (AvgIpc) is 3.39. The second-order valence-corrected chi connectivity index (χ2v) is 7.57. The van der Waals surface area contributed by atoms with Gasteiger partial charge in [0.1, 0.15) is 11.6 Å². The number of halogens is 1. The molecule has 0 aliphatic heterocycles. The van der Waals surface area contributed by atoms with E-state index in [0.29, 0.717) is 40.9 Å². The first-order valence-electron chi connectivity index (χ1n) is 10.3. The highest BCUT2D eigenvalue weighted by atomic mass is 19.1. The number of hydrogen-bond donors (Lipinski definition) is 2. The number of imidazole rings is 1. The Morgan fingerprint density at radius 3 is 2.75 bits per heavy atom. The van der Waals surface area contributed by atoms with Crippen molar-refractivity contribution in [3.05, 3.63) is 77.5 Å². The number of benzene rings is 2. The molecule has 2 N–H and O–H groups in total. The number of fused-ring (bicyclic) bond motifs is 2. The molecule has 160 valence electrons. The fourth-order valence-corrected chi connectivity index (χ4v) is 3.72. The number of aromatic amines is 1. The molecule has 32 heavy (non-hydrogen) atoms. The van der Waals surface area contributed by atoms with E-state index in [2.05, 4.69) is 25.4 Å². The standard InChI is InChI=1S/C24H20FN5O2/c1-14-22-17(13-20(29-24(22)32-30-14)15-8-10-16(25)11-9-15)23(31)26-12-4-7-21-27-18-5-2-3-6-19(18)28-21/h2-3,5-6,8-11,13H,4,7,12H2,1H3,(H,26,31)(H,27,28). The number of H-pyrrole nitrogens is 1. The molecule has 0 unspecified atom stereocenters. The molecule has 0 saturated carbocycles. The van der Waals surface area contributed by atoms with Gasteiger partial charge in [0.25, 0.3) is 11.6 Å². The highest BCUT2D eigenvalue weighted by Gasteiger charge is 2.19. The molecule has 0 spiro atoms. The number of aryl methyl sites for hydroxylation is 2. The van der Waals surface area contributed by atoms with Crippen molar-refractivity contribution in [2.45, 2.75) is 19.8 Å². The number of para-hydroxylation sites is 2. The molecule has 0 atom stereocenters. The van der Waals surface area contributed by atoms with Gasteiger partial charge in [-0.05, 0) is 55.8 Å². The monoisotopic (exact) mass is 429 g/mol. The molecule has 0 saturated heterocycles. The lowest BCUT2D eigenvalue weighted by molar-refractivity contribution is 0.0954. The molecule has 8 heteroatoms. The van der Waals surface area contributed by atoms with E-state index in [1.165, 1.54) is 12.1 Å². The lowest BCUT2D eigenvalue weighted by Gasteiger charge is -2.08. The maximum atomic E-state index is 13.3. The van der Waals surface area contributed by atoms with Crippen LogP contribution in [0.5, 0.6) is 0 Å². The Morgan fingerprint density at radius 2 is 1.94 bits per heavy atom. The largest absolute Gasteiger partial charge is 0.352 e. The van der Waals surface area contributed by atoms with E-state index >= 15 is 0 Å². The number of nitrogens with one attached hydrogen (secondary N) is 2. The summed E-state index contributed by atoms with van der Waals surface area (Å²) in [7, 11) is 0. The lowest BCUT2D eigenvalue weighted by atomic mass is 10.0. The van der Waals surface area contributed by atoms with Gasteiger partial charge in [-0.25, -0.2) is 14.4 Å². The van der Waals surface area contributed by atoms with E-state index in [4.69, 9.17) is 4.52 Å². The number of carbonyl (C=O) groups is 1. The predicted molar refractivity (Wildman–Crippen MR) is 119 cm³/mol. The van der Waals surface area contributed by atoms with Gasteiger partial charge in [0.2, 0.25) is 0 Å². The highest BCUT2D eigenvalue weighted by molar-refractivity contribution is 6.07. The summed E-state index contributed by atoms with van der Waals surface area (Å²) in [5.41, 5.74) is 4.42. The Bertz CT molecular complexity index is 1390. The van der Waals surface area contributed by atoms with Crippen molar-refractivity contribution in [3.63, 3.8) is 0 Å².